The maximum atomic E-state index is 11.9. The Labute approximate surface area is 117 Å². The SMILES string of the molecule is O=C(CCC1CCNC1)Nc1ccc2nccnc2c1. The fourth-order valence-corrected chi connectivity index (χ4v) is 2.56. The van der Waals surface area contributed by atoms with Gasteiger partial charge in [-0.15, -0.1) is 0 Å². The first-order chi connectivity index (χ1) is 9.81. The molecule has 5 nitrogen and oxygen atoms in total. The second kappa shape index (κ2) is 5.96. The van der Waals surface area contributed by atoms with Crippen molar-refractivity contribution in [2.45, 2.75) is 19.3 Å². The molecule has 20 heavy (non-hydrogen) atoms. The van der Waals surface area contributed by atoms with Crippen LogP contribution in [0.2, 0.25) is 0 Å². The highest BCUT2D eigenvalue weighted by molar-refractivity contribution is 5.92. The number of hydrogen-bond acceptors (Lipinski definition) is 4. The van der Waals surface area contributed by atoms with Gasteiger partial charge in [-0.1, -0.05) is 0 Å². The lowest BCUT2D eigenvalue weighted by molar-refractivity contribution is -0.116. The molecule has 0 saturated carbocycles. The van der Waals surface area contributed by atoms with E-state index in [1.54, 1.807) is 12.4 Å². The van der Waals surface area contributed by atoms with E-state index in [0.717, 1.165) is 36.2 Å². The van der Waals surface area contributed by atoms with Gasteiger partial charge in [0.25, 0.3) is 0 Å². The smallest absolute Gasteiger partial charge is 0.224 e. The summed E-state index contributed by atoms with van der Waals surface area (Å²) in [5.74, 6) is 0.711. The highest BCUT2D eigenvalue weighted by atomic mass is 16.1. The summed E-state index contributed by atoms with van der Waals surface area (Å²) in [4.78, 5) is 20.4. The fraction of sp³-hybridized carbons (Fsp3) is 0.400. The molecule has 3 rings (SSSR count). The Morgan fingerprint density at radius 1 is 1.30 bits per heavy atom. The molecular weight excluding hydrogens is 252 g/mol. The predicted octanol–water partition coefficient (Wildman–Crippen LogP) is 1.96. The number of benzene rings is 1. The van der Waals surface area contributed by atoms with Crippen LogP contribution in [0, 0.1) is 5.92 Å². The molecule has 0 spiro atoms. The van der Waals surface area contributed by atoms with E-state index in [2.05, 4.69) is 20.6 Å². The highest BCUT2D eigenvalue weighted by Crippen LogP contribution is 2.17. The van der Waals surface area contributed by atoms with Crippen molar-refractivity contribution in [3.8, 4) is 0 Å². The Bertz CT molecular complexity index is 608. The van der Waals surface area contributed by atoms with Crippen LogP contribution < -0.4 is 10.6 Å². The monoisotopic (exact) mass is 270 g/mol. The molecule has 2 aromatic rings. The fourth-order valence-electron chi connectivity index (χ4n) is 2.56. The lowest BCUT2D eigenvalue weighted by Gasteiger charge is -2.09. The number of nitrogens with one attached hydrogen (secondary N) is 2. The van der Waals surface area contributed by atoms with Crippen LogP contribution in [-0.4, -0.2) is 29.0 Å². The molecule has 1 saturated heterocycles. The summed E-state index contributed by atoms with van der Waals surface area (Å²) in [6.45, 7) is 2.12. The van der Waals surface area contributed by atoms with E-state index in [4.69, 9.17) is 0 Å². The zero-order valence-electron chi connectivity index (χ0n) is 11.3. The molecule has 2 N–H and O–H groups in total. The Kier molecular flexibility index (Phi) is 3.87. The maximum Gasteiger partial charge on any atom is 0.224 e. The van der Waals surface area contributed by atoms with Gasteiger partial charge in [-0.25, -0.2) is 0 Å². The van der Waals surface area contributed by atoms with Gasteiger partial charge in [0.05, 0.1) is 11.0 Å². The average Bonchev–Trinajstić information content (AvgIpc) is 2.98. The number of nitrogens with zero attached hydrogens (tertiary/aromatic N) is 2. The van der Waals surface area contributed by atoms with Crippen molar-refractivity contribution in [2.75, 3.05) is 18.4 Å². The van der Waals surface area contributed by atoms with Gasteiger partial charge in [-0.2, -0.15) is 0 Å². The number of fused-ring (bicyclic) bond motifs is 1. The third-order valence-corrected chi connectivity index (χ3v) is 3.70. The Morgan fingerprint density at radius 2 is 2.15 bits per heavy atom. The van der Waals surface area contributed by atoms with Crippen molar-refractivity contribution < 1.29 is 4.79 Å². The zero-order chi connectivity index (χ0) is 13.8. The van der Waals surface area contributed by atoms with Crippen molar-refractivity contribution >= 4 is 22.6 Å². The van der Waals surface area contributed by atoms with Gasteiger partial charge < -0.3 is 10.6 Å². The largest absolute Gasteiger partial charge is 0.326 e. The Balaban J connectivity index is 1.59. The van der Waals surface area contributed by atoms with Crippen molar-refractivity contribution in [3.63, 3.8) is 0 Å². The summed E-state index contributed by atoms with van der Waals surface area (Å²) < 4.78 is 0. The van der Waals surface area contributed by atoms with Gasteiger partial charge in [-0.3, -0.25) is 14.8 Å². The van der Waals surface area contributed by atoms with Crippen LogP contribution in [0.15, 0.2) is 30.6 Å². The summed E-state index contributed by atoms with van der Waals surface area (Å²) in [5, 5.41) is 6.25. The minimum atomic E-state index is 0.0696. The van der Waals surface area contributed by atoms with Gasteiger partial charge in [0, 0.05) is 24.5 Å². The van der Waals surface area contributed by atoms with Crippen LogP contribution in [-0.2, 0) is 4.79 Å². The molecule has 0 aliphatic carbocycles. The lowest BCUT2D eigenvalue weighted by Crippen LogP contribution is -2.15. The highest BCUT2D eigenvalue weighted by Gasteiger charge is 2.15. The first kappa shape index (κ1) is 13.0. The summed E-state index contributed by atoms with van der Waals surface area (Å²) >= 11 is 0. The van der Waals surface area contributed by atoms with Crippen molar-refractivity contribution in [1.82, 2.24) is 15.3 Å². The normalized spacial score (nSPS) is 18.3. The van der Waals surface area contributed by atoms with E-state index in [0.29, 0.717) is 12.3 Å². The standard InChI is InChI=1S/C15H18N4O/c20-15(4-1-11-5-6-16-10-11)19-12-2-3-13-14(9-12)18-8-7-17-13/h2-3,7-9,11,16H,1,4-6,10H2,(H,19,20). The minimum absolute atomic E-state index is 0.0696. The van der Waals surface area contributed by atoms with Crippen LogP contribution in [0.25, 0.3) is 11.0 Å². The number of anilines is 1. The van der Waals surface area contributed by atoms with Gasteiger partial charge in [0.2, 0.25) is 5.91 Å². The van der Waals surface area contributed by atoms with Crippen LogP contribution in [0.3, 0.4) is 0 Å². The Hall–Kier alpha value is -2.01. The summed E-state index contributed by atoms with van der Waals surface area (Å²) in [5.41, 5.74) is 2.42. The van der Waals surface area contributed by atoms with E-state index in [1.165, 1.54) is 6.42 Å². The van der Waals surface area contributed by atoms with E-state index in [1.807, 2.05) is 18.2 Å². The van der Waals surface area contributed by atoms with Crippen molar-refractivity contribution in [2.24, 2.45) is 5.92 Å². The third-order valence-electron chi connectivity index (χ3n) is 3.70. The number of hydrogen-bond donors (Lipinski definition) is 2. The number of rotatable bonds is 4. The molecule has 5 heteroatoms. The topological polar surface area (TPSA) is 66.9 Å². The molecule has 1 aromatic heterocycles. The zero-order valence-corrected chi connectivity index (χ0v) is 11.3. The second-order valence-electron chi connectivity index (χ2n) is 5.21. The predicted molar refractivity (Wildman–Crippen MR) is 78.4 cm³/mol. The molecule has 2 heterocycles. The minimum Gasteiger partial charge on any atom is -0.326 e. The molecule has 104 valence electrons. The van der Waals surface area contributed by atoms with E-state index >= 15 is 0 Å². The van der Waals surface area contributed by atoms with Crippen LogP contribution in [0.4, 0.5) is 5.69 Å². The van der Waals surface area contributed by atoms with E-state index in [9.17, 15) is 4.79 Å². The summed E-state index contributed by atoms with van der Waals surface area (Å²) in [7, 11) is 0. The molecule has 1 unspecified atom stereocenters. The first-order valence-electron chi connectivity index (χ1n) is 7.02. The molecule has 1 aromatic carbocycles. The molecule has 0 bridgehead atoms. The summed E-state index contributed by atoms with van der Waals surface area (Å²) in [6.07, 6.45) is 6.02. The molecule has 1 amide bonds. The van der Waals surface area contributed by atoms with E-state index in [-0.39, 0.29) is 5.91 Å². The average molecular weight is 270 g/mol. The van der Waals surface area contributed by atoms with Crippen molar-refractivity contribution in [1.29, 1.82) is 0 Å². The third kappa shape index (κ3) is 3.11. The number of amides is 1. The summed E-state index contributed by atoms with van der Waals surface area (Å²) in [6, 6.07) is 5.60. The van der Waals surface area contributed by atoms with Crippen LogP contribution in [0.5, 0.6) is 0 Å². The molecule has 0 radical (unpaired) electrons. The van der Waals surface area contributed by atoms with Gasteiger partial charge >= 0.3 is 0 Å². The van der Waals surface area contributed by atoms with Gasteiger partial charge in [0.15, 0.2) is 0 Å². The molecular formula is C15H18N4O. The Morgan fingerprint density at radius 3 is 2.95 bits per heavy atom. The molecule has 1 aliphatic rings. The second-order valence-corrected chi connectivity index (χ2v) is 5.21. The molecule has 1 fully saturated rings. The van der Waals surface area contributed by atoms with Gasteiger partial charge in [0.1, 0.15) is 0 Å². The number of aromatic nitrogens is 2. The quantitative estimate of drug-likeness (QED) is 0.891. The number of carbonyl (C=O) groups excluding carboxylic acids is 1. The first-order valence-corrected chi connectivity index (χ1v) is 7.02. The van der Waals surface area contributed by atoms with Crippen LogP contribution >= 0.6 is 0 Å². The molecule has 1 atom stereocenters. The van der Waals surface area contributed by atoms with Gasteiger partial charge in [-0.05, 0) is 50.0 Å². The maximum absolute atomic E-state index is 11.9. The van der Waals surface area contributed by atoms with Crippen molar-refractivity contribution in [3.05, 3.63) is 30.6 Å². The van der Waals surface area contributed by atoms with E-state index < -0.39 is 0 Å². The van der Waals surface area contributed by atoms with Crippen LogP contribution in [0.1, 0.15) is 19.3 Å². The molecule has 1 aliphatic heterocycles. The lowest BCUT2D eigenvalue weighted by atomic mass is 10.0. The number of carbonyl (C=O) groups is 1.